The Morgan fingerprint density at radius 1 is 1.05 bits per heavy atom. The average molecular weight is 286 g/mol. The van der Waals surface area contributed by atoms with Gasteiger partial charge in [-0.3, -0.25) is 0 Å². The SMILES string of the molecule is CC.CC.CCN1CCC2(CC1)CC(CCCOC)C2. The van der Waals surface area contributed by atoms with Crippen LogP contribution < -0.4 is 0 Å². The van der Waals surface area contributed by atoms with Crippen molar-refractivity contribution in [2.45, 2.75) is 73.1 Å². The zero-order valence-electron chi connectivity index (χ0n) is 15.0. The van der Waals surface area contributed by atoms with Gasteiger partial charge in [-0.25, -0.2) is 0 Å². The van der Waals surface area contributed by atoms with Gasteiger partial charge < -0.3 is 9.64 Å². The summed E-state index contributed by atoms with van der Waals surface area (Å²) < 4.78 is 5.12. The van der Waals surface area contributed by atoms with E-state index < -0.39 is 0 Å². The van der Waals surface area contributed by atoms with Gasteiger partial charge in [0.2, 0.25) is 0 Å². The highest BCUT2D eigenvalue weighted by molar-refractivity contribution is 4.96. The molecule has 2 nitrogen and oxygen atoms in total. The van der Waals surface area contributed by atoms with Gasteiger partial charge in [-0.2, -0.15) is 0 Å². The van der Waals surface area contributed by atoms with E-state index in [0.29, 0.717) is 0 Å². The van der Waals surface area contributed by atoms with Gasteiger partial charge in [0.25, 0.3) is 0 Å². The molecule has 0 unspecified atom stereocenters. The highest BCUT2D eigenvalue weighted by atomic mass is 16.5. The van der Waals surface area contributed by atoms with Crippen LogP contribution in [-0.2, 0) is 4.74 Å². The molecule has 0 N–H and O–H groups in total. The maximum absolute atomic E-state index is 5.12. The highest BCUT2D eigenvalue weighted by Crippen LogP contribution is 2.53. The molecule has 2 heteroatoms. The zero-order valence-corrected chi connectivity index (χ0v) is 15.0. The Balaban J connectivity index is 0.000000829. The van der Waals surface area contributed by atoms with Crippen LogP contribution in [-0.4, -0.2) is 38.3 Å². The lowest BCUT2D eigenvalue weighted by atomic mass is 9.56. The Bertz CT molecular complexity index is 201. The third kappa shape index (κ3) is 6.13. The first-order chi connectivity index (χ1) is 9.78. The first-order valence-corrected chi connectivity index (χ1v) is 8.99. The quantitative estimate of drug-likeness (QED) is 0.661. The number of likely N-dealkylation sites (tertiary alicyclic amines) is 1. The Hall–Kier alpha value is -0.0800. The molecule has 0 radical (unpaired) electrons. The first-order valence-electron chi connectivity index (χ1n) is 8.99. The molecule has 1 aliphatic heterocycles. The van der Waals surface area contributed by atoms with E-state index in [4.69, 9.17) is 4.74 Å². The summed E-state index contributed by atoms with van der Waals surface area (Å²) >= 11 is 0. The fourth-order valence-corrected chi connectivity index (χ4v) is 3.64. The van der Waals surface area contributed by atoms with Crippen molar-refractivity contribution in [3.8, 4) is 0 Å². The molecule has 1 aliphatic carbocycles. The summed E-state index contributed by atoms with van der Waals surface area (Å²) in [5.41, 5.74) is 0.767. The number of rotatable bonds is 5. The summed E-state index contributed by atoms with van der Waals surface area (Å²) in [7, 11) is 1.81. The van der Waals surface area contributed by atoms with Crippen LogP contribution in [0.1, 0.15) is 73.1 Å². The normalized spacial score (nSPS) is 21.3. The summed E-state index contributed by atoms with van der Waals surface area (Å²) in [5.74, 6) is 1.02. The second kappa shape index (κ2) is 11.6. The molecule has 2 fully saturated rings. The van der Waals surface area contributed by atoms with Crippen molar-refractivity contribution >= 4 is 0 Å². The molecule has 20 heavy (non-hydrogen) atoms. The predicted molar refractivity (Wildman–Crippen MR) is 90.3 cm³/mol. The maximum Gasteiger partial charge on any atom is 0.0462 e. The van der Waals surface area contributed by atoms with Gasteiger partial charge in [-0.1, -0.05) is 34.6 Å². The van der Waals surface area contributed by atoms with Gasteiger partial charge in [0.1, 0.15) is 0 Å². The zero-order chi connectivity index (χ0) is 15.4. The number of methoxy groups -OCH3 is 1. The topological polar surface area (TPSA) is 12.5 Å². The first kappa shape index (κ1) is 19.9. The highest BCUT2D eigenvalue weighted by Gasteiger charge is 2.44. The van der Waals surface area contributed by atoms with E-state index in [0.717, 1.165) is 17.9 Å². The Morgan fingerprint density at radius 3 is 2.05 bits per heavy atom. The van der Waals surface area contributed by atoms with Crippen molar-refractivity contribution < 1.29 is 4.74 Å². The molecule has 2 aliphatic rings. The lowest BCUT2D eigenvalue weighted by Crippen LogP contribution is -2.47. The third-order valence-corrected chi connectivity index (χ3v) is 4.77. The summed E-state index contributed by atoms with van der Waals surface area (Å²) in [5, 5.41) is 0. The second-order valence-electron chi connectivity index (χ2n) is 5.84. The predicted octanol–water partition coefficient (Wildman–Crippen LogP) is 4.98. The maximum atomic E-state index is 5.12. The monoisotopic (exact) mass is 285 g/mol. The summed E-state index contributed by atoms with van der Waals surface area (Å²) in [6.45, 7) is 15.2. The number of hydrogen-bond donors (Lipinski definition) is 0. The van der Waals surface area contributed by atoms with Crippen LogP contribution in [0.25, 0.3) is 0 Å². The van der Waals surface area contributed by atoms with Gasteiger partial charge >= 0.3 is 0 Å². The minimum Gasteiger partial charge on any atom is -0.385 e. The van der Waals surface area contributed by atoms with E-state index in [2.05, 4.69) is 11.8 Å². The fourth-order valence-electron chi connectivity index (χ4n) is 3.64. The van der Waals surface area contributed by atoms with Gasteiger partial charge in [-0.05, 0) is 69.5 Å². The molecule has 1 spiro atoms. The molecular formula is C18H39NO. The number of nitrogens with zero attached hydrogens (tertiary/aromatic N) is 1. The van der Waals surface area contributed by atoms with E-state index in [9.17, 15) is 0 Å². The lowest BCUT2D eigenvalue weighted by Gasteiger charge is -2.52. The molecule has 0 atom stereocenters. The standard InChI is InChI=1S/C14H27NO.2C2H6/c1-3-15-8-6-14(7-9-15)11-13(12-14)5-4-10-16-2;2*1-2/h13H,3-12H2,1-2H3;2*1-2H3. The molecular weight excluding hydrogens is 246 g/mol. The van der Waals surface area contributed by atoms with Crippen molar-refractivity contribution in [2.24, 2.45) is 11.3 Å². The largest absolute Gasteiger partial charge is 0.385 e. The number of ether oxygens (including phenoxy) is 1. The number of piperidine rings is 1. The molecule has 1 saturated carbocycles. The van der Waals surface area contributed by atoms with E-state index in [1.165, 1.54) is 58.2 Å². The van der Waals surface area contributed by atoms with Crippen LogP contribution in [0, 0.1) is 11.3 Å². The average Bonchev–Trinajstić information content (AvgIpc) is 2.50. The van der Waals surface area contributed by atoms with Crippen LogP contribution in [0.4, 0.5) is 0 Å². The van der Waals surface area contributed by atoms with Crippen molar-refractivity contribution in [3.63, 3.8) is 0 Å². The Kier molecular flexibility index (Phi) is 11.5. The smallest absolute Gasteiger partial charge is 0.0462 e. The van der Waals surface area contributed by atoms with E-state index in [1.54, 1.807) is 0 Å². The molecule has 1 heterocycles. The Morgan fingerprint density at radius 2 is 1.60 bits per heavy atom. The molecule has 0 aromatic rings. The van der Waals surface area contributed by atoms with Gasteiger partial charge in [0.05, 0.1) is 0 Å². The van der Waals surface area contributed by atoms with E-state index in [-0.39, 0.29) is 0 Å². The molecule has 0 amide bonds. The minimum absolute atomic E-state index is 0.767. The molecule has 122 valence electrons. The minimum atomic E-state index is 0.767. The molecule has 1 saturated heterocycles. The molecule has 2 rings (SSSR count). The van der Waals surface area contributed by atoms with Crippen LogP contribution >= 0.6 is 0 Å². The summed E-state index contributed by atoms with van der Waals surface area (Å²) in [6.07, 6.45) is 8.59. The van der Waals surface area contributed by atoms with Gasteiger partial charge in [0.15, 0.2) is 0 Å². The second-order valence-corrected chi connectivity index (χ2v) is 5.84. The van der Waals surface area contributed by atoms with Crippen molar-refractivity contribution in [3.05, 3.63) is 0 Å². The fraction of sp³-hybridized carbons (Fsp3) is 1.00. The van der Waals surface area contributed by atoms with E-state index in [1.807, 2.05) is 34.8 Å². The van der Waals surface area contributed by atoms with Gasteiger partial charge in [0, 0.05) is 13.7 Å². The summed E-state index contributed by atoms with van der Waals surface area (Å²) in [6, 6.07) is 0. The van der Waals surface area contributed by atoms with Gasteiger partial charge in [-0.15, -0.1) is 0 Å². The van der Waals surface area contributed by atoms with E-state index >= 15 is 0 Å². The summed E-state index contributed by atoms with van der Waals surface area (Å²) in [4.78, 5) is 2.60. The number of hydrogen-bond acceptors (Lipinski definition) is 2. The van der Waals surface area contributed by atoms with Crippen molar-refractivity contribution in [2.75, 3.05) is 33.4 Å². The van der Waals surface area contributed by atoms with Crippen LogP contribution in [0.2, 0.25) is 0 Å². The molecule has 0 aromatic carbocycles. The van der Waals surface area contributed by atoms with Crippen LogP contribution in [0.3, 0.4) is 0 Å². The lowest BCUT2D eigenvalue weighted by molar-refractivity contribution is -0.0173. The third-order valence-electron chi connectivity index (χ3n) is 4.77. The molecule has 0 bridgehead atoms. The van der Waals surface area contributed by atoms with Crippen molar-refractivity contribution in [1.82, 2.24) is 4.90 Å². The van der Waals surface area contributed by atoms with Crippen LogP contribution in [0.15, 0.2) is 0 Å². The van der Waals surface area contributed by atoms with Crippen LogP contribution in [0.5, 0.6) is 0 Å². The Labute approximate surface area is 128 Å². The van der Waals surface area contributed by atoms with Crippen molar-refractivity contribution in [1.29, 1.82) is 0 Å². The molecule has 0 aromatic heterocycles.